The van der Waals surface area contributed by atoms with Gasteiger partial charge in [0.2, 0.25) is 0 Å². The van der Waals surface area contributed by atoms with E-state index in [4.69, 9.17) is 4.74 Å². The first-order valence-electron chi connectivity index (χ1n) is 6.99. The SMILES string of the molecule is CN(C)/N=C(\c1ccccc1)C(F)(F)C(=O)N1CCOCC1. The van der Waals surface area contributed by atoms with Gasteiger partial charge in [0.15, 0.2) is 0 Å². The van der Waals surface area contributed by atoms with Crippen LogP contribution >= 0.6 is 0 Å². The van der Waals surface area contributed by atoms with E-state index < -0.39 is 17.5 Å². The van der Waals surface area contributed by atoms with Gasteiger partial charge in [-0.3, -0.25) is 4.79 Å². The minimum absolute atomic E-state index is 0.165. The van der Waals surface area contributed by atoms with Gasteiger partial charge in [-0.05, 0) is 0 Å². The van der Waals surface area contributed by atoms with Gasteiger partial charge in [0.05, 0.1) is 13.2 Å². The van der Waals surface area contributed by atoms with E-state index in [0.29, 0.717) is 0 Å². The molecule has 0 radical (unpaired) electrons. The lowest BCUT2D eigenvalue weighted by atomic mass is 10.0. The molecule has 0 aromatic heterocycles. The molecule has 2 rings (SSSR count). The van der Waals surface area contributed by atoms with Gasteiger partial charge in [0.25, 0.3) is 5.91 Å². The van der Waals surface area contributed by atoms with Crippen molar-refractivity contribution in [3.63, 3.8) is 0 Å². The van der Waals surface area contributed by atoms with E-state index in [9.17, 15) is 13.6 Å². The molecule has 0 aliphatic carbocycles. The normalized spacial score (nSPS) is 16.5. The van der Waals surface area contributed by atoms with Gasteiger partial charge < -0.3 is 14.6 Å². The van der Waals surface area contributed by atoms with Crippen LogP contribution in [-0.4, -0.2) is 67.8 Å². The Morgan fingerprint density at radius 3 is 2.36 bits per heavy atom. The molecule has 1 saturated heterocycles. The lowest BCUT2D eigenvalue weighted by Crippen LogP contribution is -2.52. The summed E-state index contributed by atoms with van der Waals surface area (Å²) in [6, 6.07) is 8.02. The van der Waals surface area contributed by atoms with E-state index in [2.05, 4.69) is 5.10 Å². The molecule has 0 spiro atoms. The summed E-state index contributed by atoms with van der Waals surface area (Å²) < 4.78 is 34.5. The molecule has 0 saturated carbocycles. The van der Waals surface area contributed by atoms with Crippen molar-refractivity contribution in [2.45, 2.75) is 5.92 Å². The van der Waals surface area contributed by atoms with Gasteiger partial charge >= 0.3 is 5.92 Å². The molecule has 0 atom stereocenters. The molecule has 1 aromatic carbocycles. The number of morpholine rings is 1. The van der Waals surface area contributed by atoms with Crippen LogP contribution in [0.15, 0.2) is 35.4 Å². The Labute approximate surface area is 128 Å². The summed E-state index contributed by atoms with van der Waals surface area (Å²) in [6.07, 6.45) is 0. The van der Waals surface area contributed by atoms with Gasteiger partial charge in [-0.1, -0.05) is 30.3 Å². The topological polar surface area (TPSA) is 45.1 Å². The highest BCUT2D eigenvalue weighted by Gasteiger charge is 2.48. The molecule has 120 valence electrons. The third-order valence-electron chi connectivity index (χ3n) is 3.21. The molecule has 1 aliphatic heterocycles. The number of alkyl halides is 2. The molecule has 0 bridgehead atoms. The van der Waals surface area contributed by atoms with Crippen LogP contribution < -0.4 is 0 Å². The predicted octanol–water partition coefficient (Wildman–Crippen LogP) is 1.45. The average molecular weight is 311 g/mol. The van der Waals surface area contributed by atoms with Gasteiger partial charge in [0.1, 0.15) is 5.71 Å². The zero-order valence-corrected chi connectivity index (χ0v) is 12.6. The van der Waals surface area contributed by atoms with Crippen LogP contribution in [-0.2, 0) is 9.53 Å². The third kappa shape index (κ3) is 3.59. The van der Waals surface area contributed by atoms with Crippen molar-refractivity contribution >= 4 is 11.6 Å². The maximum atomic E-state index is 14.7. The Morgan fingerprint density at radius 1 is 1.23 bits per heavy atom. The van der Waals surface area contributed by atoms with Crippen LogP contribution in [0.25, 0.3) is 0 Å². The Morgan fingerprint density at radius 2 is 1.82 bits per heavy atom. The molecule has 5 nitrogen and oxygen atoms in total. The summed E-state index contributed by atoms with van der Waals surface area (Å²) in [6.45, 7) is 0.873. The molecule has 0 unspecified atom stereocenters. The summed E-state index contributed by atoms with van der Waals surface area (Å²) in [5.41, 5.74) is -0.322. The number of hydrazone groups is 1. The summed E-state index contributed by atoms with van der Waals surface area (Å²) in [5.74, 6) is -4.93. The van der Waals surface area contributed by atoms with Crippen molar-refractivity contribution in [1.29, 1.82) is 0 Å². The minimum atomic E-state index is -3.69. The van der Waals surface area contributed by atoms with Crippen molar-refractivity contribution in [2.24, 2.45) is 5.10 Å². The second-order valence-corrected chi connectivity index (χ2v) is 5.14. The van der Waals surface area contributed by atoms with Crippen LogP contribution in [0.1, 0.15) is 5.56 Å². The van der Waals surface area contributed by atoms with Crippen LogP contribution in [0.4, 0.5) is 8.78 Å². The monoisotopic (exact) mass is 311 g/mol. The van der Waals surface area contributed by atoms with Gasteiger partial charge in [0, 0.05) is 32.7 Å². The van der Waals surface area contributed by atoms with E-state index in [1.54, 1.807) is 18.2 Å². The Bertz CT molecular complexity index is 541. The fourth-order valence-corrected chi connectivity index (χ4v) is 2.16. The molecule has 0 N–H and O–H groups in total. The number of carbonyl (C=O) groups is 1. The Kier molecular flexibility index (Phi) is 5.07. The van der Waals surface area contributed by atoms with Crippen LogP contribution in [0.5, 0.6) is 0 Å². The number of hydrogen-bond donors (Lipinski definition) is 0. The number of benzene rings is 1. The van der Waals surface area contributed by atoms with Gasteiger partial charge in [-0.25, -0.2) is 0 Å². The van der Waals surface area contributed by atoms with Crippen molar-refractivity contribution in [3.8, 4) is 0 Å². The number of rotatable bonds is 4. The minimum Gasteiger partial charge on any atom is -0.378 e. The lowest BCUT2D eigenvalue weighted by Gasteiger charge is -2.30. The highest BCUT2D eigenvalue weighted by Crippen LogP contribution is 2.25. The van der Waals surface area contributed by atoms with E-state index in [1.807, 2.05) is 0 Å². The number of ether oxygens (including phenoxy) is 1. The fourth-order valence-electron chi connectivity index (χ4n) is 2.16. The zero-order valence-electron chi connectivity index (χ0n) is 12.6. The van der Waals surface area contributed by atoms with Crippen molar-refractivity contribution in [1.82, 2.24) is 9.91 Å². The second kappa shape index (κ2) is 6.83. The van der Waals surface area contributed by atoms with E-state index in [1.165, 1.54) is 31.2 Å². The van der Waals surface area contributed by atoms with E-state index >= 15 is 0 Å². The Balaban J connectivity index is 2.34. The first kappa shape index (κ1) is 16.4. The van der Waals surface area contributed by atoms with E-state index in [-0.39, 0.29) is 31.9 Å². The summed E-state index contributed by atoms with van der Waals surface area (Å²) in [7, 11) is 3.08. The largest absolute Gasteiger partial charge is 0.378 e. The van der Waals surface area contributed by atoms with Crippen LogP contribution in [0, 0.1) is 0 Å². The summed E-state index contributed by atoms with van der Waals surface area (Å²) in [5, 5.41) is 5.12. The molecule has 1 fully saturated rings. The maximum absolute atomic E-state index is 14.7. The fraction of sp³-hybridized carbons (Fsp3) is 0.467. The second-order valence-electron chi connectivity index (χ2n) is 5.14. The highest BCUT2D eigenvalue weighted by molar-refractivity contribution is 6.18. The number of carbonyl (C=O) groups excluding carboxylic acids is 1. The van der Waals surface area contributed by atoms with Crippen LogP contribution in [0.2, 0.25) is 0 Å². The first-order valence-corrected chi connectivity index (χ1v) is 6.99. The van der Waals surface area contributed by atoms with Crippen molar-refractivity contribution in [3.05, 3.63) is 35.9 Å². The van der Waals surface area contributed by atoms with Crippen molar-refractivity contribution < 1.29 is 18.3 Å². The molecular weight excluding hydrogens is 292 g/mol. The average Bonchev–Trinajstić information content (AvgIpc) is 2.53. The lowest BCUT2D eigenvalue weighted by molar-refractivity contribution is -0.152. The van der Waals surface area contributed by atoms with Crippen LogP contribution in [0.3, 0.4) is 0 Å². The number of nitrogens with zero attached hydrogens (tertiary/aromatic N) is 3. The number of hydrogen-bond acceptors (Lipinski definition) is 4. The molecule has 22 heavy (non-hydrogen) atoms. The molecule has 1 aliphatic rings. The molecule has 1 aromatic rings. The first-order chi connectivity index (χ1) is 10.4. The van der Waals surface area contributed by atoms with E-state index in [0.717, 1.165) is 4.90 Å². The predicted molar refractivity (Wildman–Crippen MR) is 79.0 cm³/mol. The molecule has 1 heterocycles. The number of amides is 1. The highest BCUT2D eigenvalue weighted by atomic mass is 19.3. The van der Waals surface area contributed by atoms with Gasteiger partial charge in [-0.15, -0.1) is 0 Å². The van der Waals surface area contributed by atoms with Crippen molar-refractivity contribution in [2.75, 3.05) is 40.4 Å². The molecule has 7 heteroatoms. The standard InChI is InChI=1S/C15H19F2N3O2/c1-19(2)18-13(12-6-4-3-5-7-12)15(16,17)14(21)20-8-10-22-11-9-20/h3-7H,8-11H2,1-2H3/b18-13+. The van der Waals surface area contributed by atoms with Gasteiger partial charge in [-0.2, -0.15) is 13.9 Å². The molecular formula is C15H19F2N3O2. The summed E-state index contributed by atoms with van der Waals surface area (Å²) in [4.78, 5) is 13.4. The molecule has 1 amide bonds. The third-order valence-corrected chi connectivity index (χ3v) is 3.21. The summed E-state index contributed by atoms with van der Waals surface area (Å²) >= 11 is 0. The Hall–Kier alpha value is -2.02. The number of halogens is 2. The smallest absolute Gasteiger partial charge is 0.368 e. The zero-order chi connectivity index (χ0) is 16.2. The quantitative estimate of drug-likeness (QED) is 0.624. The maximum Gasteiger partial charge on any atom is 0.368 e.